The van der Waals surface area contributed by atoms with Crippen LogP contribution in [-0.4, -0.2) is 9.55 Å². The highest BCUT2D eigenvalue weighted by Gasteiger charge is 1.95. The molecule has 1 aromatic rings. The van der Waals surface area contributed by atoms with Crippen molar-refractivity contribution in [3.8, 4) is 0 Å². The van der Waals surface area contributed by atoms with E-state index in [9.17, 15) is 4.39 Å². The molecular formula is C6H9FN2. The average Bonchev–Trinajstić information content (AvgIpc) is 2.33. The van der Waals surface area contributed by atoms with Crippen LogP contribution in [0.3, 0.4) is 0 Å². The molecule has 2 nitrogen and oxygen atoms in total. The average molecular weight is 128 g/mol. The molecule has 1 heterocycles. The summed E-state index contributed by atoms with van der Waals surface area (Å²) in [5, 5.41) is 0. The second kappa shape index (κ2) is 2.62. The van der Waals surface area contributed by atoms with Gasteiger partial charge in [-0.3, -0.25) is 0 Å². The molecule has 9 heavy (non-hydrogen) atoms. The lowest BCUT2D eigenvalue weighted by atomic mass is 10.4. The Bertz CT molecular complexity index is 164. The van der Waals surface area contributed by atoms with Crippen LogP contribution in [0, 0.1) is 0 Å². The molecule has 0 fully saturated rings. The van der Waals surface area contributed by atoms with Crippen LogP contribution < -0.4 is 0 Å². The third kappa shape index (κ3) is 1.09. The Morgan fingerprint density at radius 1 is 1.78 bits per heavy atom. The minimum Gasteiger partial charge on any atom is -0.306 e. The van der Waals surface area contributed by atoms with E-state index in [1.807, 2.05) is 6.92 Å². The standard InChI is InChI=1S/C6H9FN2/c1-2-6-3-8-5-9(6)4-7/h3,5H,2,4H2,1H3. The monoisotopic (exact) mass is 128 g/mol. The van der Waals surface area contributed by atoms with Gasteiger partial charge in [0.25, 0.3) is 0 Å². The minimum absolute atomic E-state index is 0.469. The van der Waals surface area contributed by atoms with Gasteiger partial charge in [-0.05, 0) is 6.42 Å². The number of halogens is 1. The zero-order valence-corrected chi connectivity index (χ0v) is 5.34. The second-order valence-electron chi connectivity index (χ2n) is 1.83. The maximum absolute atomic E-state index is 11.9. The van der Waals surface area contributed by atoms with Crippen molar-refractivity contribution in [2.24, 2.45) is 0 Å². The molecule has 1 aromatic heterocycles. The second-order valence-corrected chi connectivity index (χ2v) is 1.83. The maximum Gasteiger partial charge on any atom is 0.166 e. The molecule has 0 aliphatic heterocycles. The summed E-state index contributed by atoms with van der Waals surface area (Å²) in [5.74, 6) is 0. The molecule has 0 aliphatic rings. The molecule has 0 bridgehead atoms. The summed E-state index contributed by atoms with van der Waals surface area (Å²) in [4.78, 5) is 3.79. The number of aryl methyl sites for hydroxylation is 1. The molecule has 0 unspecified atom stereocenters. The molecule has 3 heteroatoms. The maximum atomic E-state index is 11.9. The topological polar surface area (TPSA) is 17.8 Å². The number of rotatable bonds is 2. The number of hydrogen-bond donors (Lipinski definition) is 0. The molecule has 0 spiro atoms. The van der Waals surface area contributed by atoms with Crippen LogP contribution in [0.1, 0.15) is 12.6 Å². The molecular weight excluding hydrogens is 119 g/mol. The van der Waals surface area contributed by atoms with Crippen molar-refractivity contribution in [2.75, 3.05) is 0 Å². The SMILES string of the molecule is CCc1cncn1CF. The van der Waals surface area contributed by atoms with Gasteiger partial charge in [0.2, 0.25) is 0 Å². The van der Waals surface area contributed by atoms with Crippen LogP contribution >= 0.6 is 0 Å². The van der Waals surface area contributed by atoms with Crippen molar-refractivity contribution >= 4 is 0 Å². The zero-order chi connectivity index (χ0) is 6.69. The number of imidazole rings is 1. The normalized spacial score (nSPS) is 10.0. The van der Waals surface area contributed by atoms with E-state index in [1.165, 1.54) is 10.9 Å². The molecule has 0 amide bonds. The van der Waals surface area contributed by atoms with Crippen LogP contribution in [0.5, 0.6) is 0 Å². The van der Waals surface area contributed by atoms with Gasteiger partial charge >= 0.3 is 0 Å². The third-order valence-corrected chi connectivity index (χ3v) is 1.29. The van der Waals surface area contributed by atoms with E-state index >= 15 is 0 Å². The van der Waals surface area contributed by atoms with E-state index < -0.39 is 6.80 Å². The molecule has 0 radical (unpaired) electrons. The minimum atomic E-state index is -0.469. The van der Waals surface area contributed by atoms with Gasteiger partial charge < -0.3 is 4.57 Å². The number of aromatic nitrogens is 2. The van der Waals surface area contributed by atoms with Crippen molar-refractivity contribution in [1.29, 1.82) is 0 Å². The Balaban J connectivity index is 2.85. The Kier molecular flexibility index (Phi) is 1.82. The van der Waals surface area contributed by atoms with Crippen molar-refractivity contribution < 1.29 is 4.39 Å². The van der Waals surface area contributed by atoms with Gasteiger partial charge in [0.15, 0.2) is 6.80 Å². The van der Waals surface area contributed by atoms with E-state index in [-0.39, 0.29) is 0 Å². The molecule has 0 saturated carbocycles. The Morgan fingerprint density at radius 3 is 3.00 bits per heavy atom. The highest BCUT2D eigenvalue weighted by Crippen LogP contribution is 1.98. The predicted molar refractivity (Wildman–Crippen MR) is 32.7 cm³/mol. The predicted octanol–water partition coefficient (Wildman–Crippen LogP) is 1.37. The first-order valence-electron chi connectivity index (χ1n) is 2.93. The highest BCUT2D eigenvalue weighted by molar-refractivity contribution is 4.96. The molecule has 0 atom stereocenters. The van der Waals surface area contributed by atoms with Gasteiger partial charge in [-0.15, -0.1) is 0 Å². The van der Waals surface area contributed by atoms with E-state index in [4.69, 9.17) is 0 Å². The molecule has 0 saturated heterocycles. The summed E-state index contributed by atoms with van der Waals surface area (Å²) in [5.41, 5.74) is 0.942. The fourth-order valence-electron chi connectivity index (χ4n) is 0.750. The van der Waals surface area contributed by atoms with Crippen molar-refractivity contribution in [1.82, 2.24) is 9.55 Å². The third-order valence-electron chi connectivity index (χ3n) is 1.29. The van der Waals surface area contributed by atoms with Crippen LogP contribution in [0.25, 0.3) is 0 Å². The number of nitrogens with zero attached hydrogens (tertiary/aromatic N) is 2. The zero-order valence-electron chi connectivity index (χ0n) is 5.34. The van der Waals surface area contributed by atoms with Gasteiger partial charge in [0, 0.05) is 11.9 Å². The Labute approximate surface area is 53.3 Å². The molecule has 0 aliphatic carbocycles. The summed E-state index contributed by atoms with van der Waals surface area (Å²) < 4.78 is 13.4. The fraction of sp³-hybridized carbons (Fsp3) is 0.500. The van der Waals surface area contributed by atoms with E-state index in [2.05, 4.69) is 4.98 Å². The largest absolute Gasteiger partial charge is 0.306 e. The summed E-state index contributed by atoms with van der Waals surface area (Å²) in [6.07, 6.45) is 4.02. The quantitative estimate of drug-likeness (QED) is 0.588. The van der Waals surface area contributed by atoms with Crippen molar-refractivity contribution in [3.63, 3.8) is 0 Å². The summed E-state index contributed by atoms with van der Waals surface area (Å²) >= 11 is 0. The first kappa shape index (κ1) is 6.26. The lowest BCUT2D eigenvalue weighted by molar-refractivity contribution is 0.370. The molecule has 0 N–H and O–H groups in total. The van der Waals surface area contributed by atoms with E-state index in [1.54, 1.807) is 6.20 Å². The Hall–Kier alpha value is -0.860. The first-order valence-corrected chi connectivity index (χ1v) is 2.93. The van der Waals surface area contributed by atoms with Gasteiger partial charge in [0.1, 0.15) is 0 Å². The molecule has 50 valence electrons. The van der Waals surface area contributed by atoms with E-state index in [0.29, 0.717) is 0 Å². The lowest BCUT2D eigenvalue weighted by Gasteiger charge is -1.96. The van der Waals surface area contributed by atoms with Crippen LogP contribution in [0.2, 0.25) is 0 Å². The van der Waals surface area contributed by atoms with Crippen LogP contribution in [0.4, 0.5) is 4.39 Å². The lowest BCUT2D eigenvalue weighted by Crippen LogP contribution is -1.95. The molecule has 0 aromatic carbocycles. The van der Waals surface area contributed by atoms with Crippen molar-refractivity contribution in [3.05, 3.63) is 18.2 Å². The number of hydrogen-bond acceptors (Lipinski definition) is 1. The summed E-state index contributed by atoms with van der Waals surface area (Å²) in [7, 11) is 0. The van der Waals surface area contributed by atoms with Crippen molar-refractivity contribution in [2.45, 2.75) is 20.1 Å². The van der Waals surface area contributed by atoms with Gasteiger partial charge in [-0.25, -0.2) is 9.37 Å². The molecule has 1 rings (SSSR count). The summed E-state index contributed by atoms with van der Waals surface area (Å²) in [6, 6.07) is 0. The number of alkyl halides is 1. The summed E-state index contributed by atoms with van der Waals surface area (Å²) in [6.45, 7) is 1.51. The van der Waals surface area contributed by atoms with Gasteiger partial charge in [-0.2, -0.15) is 0 Å². The van der Waals surface area contributed by atoms with Crippen LogP contribution in [0.15, 0.2) is 12.5 Å². The highest BCUT2D eigenvalue weighted by atomic mass is 19.1. The van der Waals surface area contributed by atoms with Gasteiger partial charge in [0.05, 0.1) is 6.33 Å². The Morgan fingerprint density at radius 2 is 2.56 bits per heavy atom. The van der Waals surface area contributed by atoms with E-state index in [0.717, 1.165) is 12.1 Å². The van der Waals surface area contributed by atoms with Crippen LogP contribution in [-0.2, 0) is 13.2 Å². The fourth-order valence-corrected chi connectivity index (χ4v) is 0.750. The first-order chi connectivity index (χ1) is 4.38. The smallest absolute Gasteiger partial charge is 0.166 e. The van der Waals surface area contributed by atoms with Gasteiger partial charge in [-0.1, -0.05) is 6.92 Å².